The average Bonchev–Trinajstić information content (AvgIpc) is 0.918. The summed E-state index contributed by atoms with van der Waals surface area (Å²) in [5.41, 5.74) is 0. The summed E-state index contributed by atoms with van der Waals surface area (Å²) < 4.78 is 68.7. The highest BCUT2D eigenvalue weighted by atomic mass is 31.2. The first-order valence-electron chi connectivity index (χ1n) is 41.7. The van der Waals surface area contributed by atoms with E-state index in [2.05, 4.69) is 55.4 Å². The van der Waals surface area contributed by atoms with Crippen molar-refractivity contribution in [1.29, 1.82) is 0 Å². The van der Waals surface area contributed by atoms with Crippen LogP contribution >= 0.6 is 15.6 Å². The maximum Gasteiger partial charge on any atom is 0.472 e. The summed E-state index contributed by atoms with van der Waals surface area (Å²) in [7, 11) is -9.92. The minimum Gasteiger partial charge on any atom is -0.462 e. The molecule has 0 bridgehead atoms. The Kier molecular flexibility index (Phi) is 68.7. The van der Waals surface area contributed by atoms with E-state index in [-0.39, 0.29) is 25.7 Å². The van der Waals surface area contributed by atoms with E-state index in [0.717, 1.165) is 114 Å². The molecule has 0 aromatic heterocycles. The van der Waals surface area contributed by atoms with Gasteiger partial charge in [-0.2, -0.15) is 0 Å². The van der Waals surface area contributed by atoms with Crippen LogP contribution in [0.5, 0.6) is 0 Å². The standard InChI is InChI=1S/C81H158O17P2/c1-9-74(8)60-52-44-36-28-19-15-11-13-17-21-30-39-47-55-63-80(85)97-76(67-91-78(83)61-53-45-37-29-20-16-12-10-14-18-25-33-41-49-57-71(2)3)69-95-99(87,88)93-65-75(82)66-94-100(89,90)96-70-77(68-92-79(84)62-54-46-38-32-24-27-35-43-51-59-73(6)7)98-81(86)64-56-48-40-31-23-22-26-34-42-50-58-72(4)5/h71-77,82H,9-70H2,1-8H3,(H,87,88)(H,89,90)/t74?,75-,76-,77-/m1/s1. The summed E-state index contributed by atoms with van der Waals surface area (Å²) in [5.74, 6) is 1.03. The average molecular weight is 1470 g/mol. The smallest absolute Gasteiger partial charge is 0.462 e. The highest BCUT2D eigenvalue weighted by Gasteiger charge is 2.30. The predicted molar refractivity (Wildman–Crippen MR) is 409 cm³/mol. The van der Waals surface area contributed by atoms with Crippen LogP contribution < -0.4 is 0 Å². The fraction of sp³-hybridized carbons (Fsp3) is 0.951. The number of rotatable bonds is 78. The molecule has 0 aliphatic rings. The van der Waals surface area contributed by atoms with Crippen molar-refractivity contribution < 1.29 is 80.2 Å². The summed E-state index contributed by atoms with van der Waals surface area (Å²) in [4.78, 5) is 73.1. The number of phosphoric ester groups is 2. The van der Waals surface area contributed by atoms with E-state index >= 15 is 0 Å². The second-order valence-electron chi connectivity index (χ2n) is 30.8. The molecule has 0 aliphatic carbocycles. The SMILES string of the molecule is CCC(C)CCCCCCCCCCCCCCCCC(=O)O[C@H](COC(=O)CCCCCCCCCCCCCCCCC(C)C)COP(=O)(O)OC[C@@H](O)COP(=O)(O)OC[C@@H](COC(=O)CCCCCCCCCCCC(C)C)OC(=O)CCCCCCCCCCCCC(C)C. The molecule has 594 valence electrons. The molecule has 3 N–H and O–H groups in total. The number of ether oxygens (including phenoxy) is 4. The number of aliphatic hydroxyl groups excluding tert-OH is 1. The normalized spacial score (nSPS) is 14.3. The lowest BCUT2D eigenvalue weighted by Crippen LogP contribution is -2.30. The lowest BCUT2D eigenvalue weighted by molar-refractivity contribution is -0.161. The Hall–Kier alpha value is -1.94. The van der Waals surface area contributed by atoms with Crippen LogP contribution in [-0.2, 0) is 65.4 Å². The molecular weight excluding hydrogens is 1310 g/mol. The van der Waals surface area contributed by atoms with Gasteiger partial charge in [0.2, 0.25) is 0 Å². The van der Waals surface area contributed by atoms with Gasteiger partial charge >= 0.3 is 39.5 Å². The molecule has 100 heavy (non-hydrogen) atoms. The zero-order valence-corrected chi connectivity index (χ0v) is 67.6. The van der Waals surface area contributed by atoms with Gasteiger partial charge in [-0.3, -0.25) is 37.3 Å². The van der Waals surface area contributed by atoms with Gasteiger partial charge in [-0.1, -0.05) is 364 Å². The highest BCUT2D eigenvalue weighted by molar-refractivity contribution is 7.47. The summed E-state index contributed by atoms with van der Waals surface area (Å²) in [6.07, 6.45) is 56.8. The van der Waals surface area contributed by atoms with E-state index in [9.17, 15) is 43.2 Å². The third kappa shape index (κ3) is 73.0. The van der Waals surface area contributed by atoms with Gasteiger partial charge in [0.15, 0.2) is 12.2 Å². The molecule has 0 aromatic carbocycles. The second kappa shape index (κ2) is 70.1. The fourth-order valence-electron chi connectivity index (χ4n) is 12.4. The van der Waals surface area contributed by atoms with Gasteiger partial charge in [0.1, 0.15) is 19.3 Å². The van der Waals surface area contributed by atoms with Crippen LogP contribution in [0.1, 0.15) is 415 Å². The van der Waals surface area contributed by atoms with Crippen LogP contribution in [0.4, 0.5) is 0 Å². The van der Waals surface area contributed by atoms with Gasteiger partial charge in [-0.15, -0.1) is 0 Å². The largest absolute Gasteiger partial charge is 0.472 e. The van der Waals surface area contributed by atoms with Crippen molar-refractivity contribution in [3.63, 3.8) is 0 Å². The van der Waals surface area contributed by atoms with Crippen LogP contribution in [0.25, 0.3) is 0 Å². The van der Waals surface area contributed by atoms with Crippen LogP contribution in [0.15, 0.2) is 0 Å². The highest BCUT2D eigenvalue weighted by Crippen LogP contribution is 2.45. The van der Waals surface area contributed by atoms with Gasteiger partial charge in [-0.05, 0) is 49.4 Å². The van der Waals surface area contributed by atoms with E-state index in [0.29, 0.717) is 25.7 Å². The van der Waals surface area contributed by atoms with Crippen LogP contribution in [0.2, 0.25) is 0 Å². The van der Waals surface area contributed by atoms with Crippen molar-refractivity contribution in [2.24, 2.45) is 23.7 Å². The minimum absolute atomic E-state index is 0.105. The maximum absolute atomic E-state index is 13.1. The topological polar surface area (TPSA) is 237 Å². The Labute approximate surface area is 613 Å². The Bertz CT molecular complexity index is 1960. The molecule has 3 unspecified atom stereocenters. The van der Waals surface area contributed by atoms with Crippen LogP contribution in [0, 0.1) is 23.7 Å². The van der Waals surface area contributed by atoms with Crippen molar-refractivity contribution >= 4 is 39.5 Å². The van der Waals surface area contributed by atoms with E-state index < -0.39 is 97.5 Å². The fourth-order valence-corrected chi connectivity index (χ4v) is 14.0. The molecule has 19 heteroatoms. The minimum atomic E-state index is -4.96. The number of unbranched alkanes of at least 4 members (excludes halogenated alkanes) is 43. The van der Waals surface area contributed by atoms with Crippen molar-refractivity contribution in [1.82, 2.24) is 0 Å². The molecule has 0 saturated heterocycles. The lowest BCUT2D eigenvalue weighted by Gasteiger charge is -2.21. The third-order valence-corrected chi connectivity index (χ3v) is 21.1. The zero-order valence-electron chi connectivity index (χ0n) is 65.8. The number of hydrogen-bond acceptors (Lipinski definition) is 15. The van der Waals surface area contributed by atoms with Gasteiger partial charge in [0, 0.05) is 25.7 Å². The maximum atomic E-state index is 13.1. The van der Waals surface area contributed by atoms with Gasteiger partial charge < -0.3 is 33.8 Å². The van der Waals surface area contributed by atoms with Gasteiger partial charge in [0.25, 0.3) is 0 Å². The number of hydrogen-bond donors (Lipinski definition) is 3. The summed E-state index contributed by atoms with van der Waals surface area (Å²) in [6, 6.07) is 0. The summed E-state index contributed by atoms with van der Waals surface area (Å²) in [6.45, 7) is 14.3. The molecule has 17 nitrogen and oxygen atoms in total. The number of carbonyl (C=O) groups is 4. The Morgan fingerprint density at radius 1 is 0.280 bits per heavy atom. The number of esters is 4. The lowest BCUT2D eigenvalue weighted by atomic mass is 9.99. The number of phosphoric acid groups is 2. The van der Waals surface area contributed by atoms with E-state index in [1.54, 1.807) is 0 Å². The second-order valence-corrected chi connectivity index (χ2v) is 33.7. The molecular formula is C81H158O17P2. The van der Waals surface area contributed by atoms with Crippen LogP contribution in [0.3, 0.4) is 0 Å². The summed E-state index contributed by atoms with van der Waals surface area (Å²) >= 11 is 0. The molecule has 0 aliphatic heterocycles. The van der Waals surface area contributed by atoms with E-state index in [1.807, 2.05) is 0 Å². The molecule has 0 fully saturated rings. The van der Waals surface area contributed by atoms with Crippen molar-refractivity contribution in [3.8, 4) is 0 Å². The third-order valence-electron chi connectivity index (χ3n) is 19.2. The van der Waals surface area contributed by atoms with Crippen molar-refractivity contribution in [2.45, 2.75) is 433 Å². The van der Waals surface area contributed by atoms with Crippen molar-refractivity contribution in [3.05, 3.63) is 0 Å². The Balaban J connectivity index is 5.27. The molecule has 6 atom stereocenters. The molecule has 0 rings (SSSR count). The molecule has 0 spiro atoms. The quantitative estimate of drug-likeness (QED) is 0.0222. The summed E-state index contributed by atoms with van der Waals surface area (Å²) in [5, 5.41) is 10.6. The first-order chi connectivity index (χ1) is 48.1. The molecule has 0 aromatic rings. The number of carbonyl (C=O) groups excluding carboxylic acids is 4. The van der Waals surface area contributed by atoms with Gasteiger partial charge in [-0.25, -0.2) is 9.13 Å². The van der Waals surface area contributed by atoms with Crippen molar-refractivity contribution in [2.75, 3.05) is 39.6 Å². The predicted octanol–water partition coefficient (Wildman–Crippen LogP) is 24.0. The van der Waals surface area contributed by atoms with E-state index in [4.69, 9.17) is 37.0 Å². The molecule has 0 radical (unpaired) electrons. The first kappa shape index (κ1) is 98.1. The zero-order chi connectivity index (χ0) is 73.8. The van der Waals surface area contributed by atoms with Crippen LogP contribution in [-0.4, -0.2) is 96.7 Å². The molecule has 0 heterocycles. The first-order valence-corrected chi connectivity index (χ1v) is 44.7. The van der Waals surface area contributed by atoms with E-state index in [1.165, 1.54) is 218 Å². The molecule has 0 amide bonds. The molecule has 0 saturated carbocycles. The Morgan fingerprint density at radius 3 is 0.710 bits per heavy atom. The number of aliphatic hydroxyl groups is 1. The van der Waals surface area contributed by atoms with Gasteiger partial charge in [0.05, 0.1) is 26.4 Å². The monoisotopic (exact) mass is 1470 g/mol. The Morgan fingerprint density at radius 2 is 0.480 bits per heavy atom.